The van der Waals surface area contributed by atoms with Crippen molar-refractivity contribution in [2.45, 2.75) is 60.4 Å². The lowest BCUT2D eigenvalue weighted by Crippen LogP contribution is -2.27. The molecule has 0 aliphatic heterocycles. The van der Waals surface area contributed by atoms with Crippen LogP contribution in [-0.2, 0) is 0 Å². The molecule has 18 heavy (non-hydrogen) atoms. The lowest BCUT2D eigenvalue weighted by Gasteiger charge is -2.27. The van der Waals surface area contributed by atoms with E-state index in [9.17, 15) is 0 Å². The van der Waals surface area contributed by atoms with E-state index in [0.29, 0.717) is 12.0 Å². The molecule has 0 saturated heterocycles. The van der Waals surface area contributed by atoms with E-state index in [0.717, 1.165) is 6.54 Å². The highest BCUT2D eigenvalue weighted by Gasteiger charge is 2.19. The predicted molar refractivity (Wildman–Crippen MR) is 81.1 cm³/mol. The number of hydrogen-bond donors (Lipinski definition) is 1. The highest BCUT2D eigenvalue weighted by Crippen LogP contribution is 2.29. The van der Waals surface area contributed by atoms with Gasteiger partial charge in [-0.2, -0.15) is 0 Å². The third-order valence-corrected chi connectivity index (χ3v) is 3.95. The first-order valence-electron chi connectivity index (χ1n) is 7.32. The maximum absolute atomic E-state index is 3.67. The fourth-order valence-corrected chi connectivity index (χ4v) is 2.78. The standard InChI is InChI=1S/C17H29N/c1-7-9-12(3)17(18-8-2)16-11-14(5)13(4)10-15(16)6/h10-12,17-18H,7-9H2,1-6H3. The molecule has 0 spiro atoms. The van der Waals surface area contributed by atoms with E-state index in [4.69, 9.17) is 0 Å². The molecule has 1 rings (SSSR count). The van der Waals surface area contributed by atoms with Crippen molar-refractivity contribution in [1.82, 2.24) is 5.32 Å². The highest BCUT2D eigenvalue weighted by atomic mass is 14.9. The molecule has 1 heteroatoms. The average molecular weight is 247 g/mol. The van der Waals surface area contributed by atoms with Crippen LogP contribution in [0, 0.1) is 26.7 Å². The van der Waals surface area contributed by atoms with Crippen LogP contribution < -0.4 is 5.32 Å². The second-order valence-corrected chi connectivity index (χ2v) is 5.59. The number of nitrogens with one attached hydrogen (secondary N) is 1. The van der Waals surface area contributed by atoms with Crippen molar-refractivity contribution in [3.63, 3.8) is 0 Å². The normalized spacial score (nSPS) is 14.6. The van der Waals surface area contributed by atoms with Crippen molar-refractivity contribution in [3.8, 4) is 0 Å². The minimum atomic E-state index is 0.495. The minimum absolute atomic E-state index is 0.495. The van der Waals surface area contributed by atoms with Crippen LogP contribution in [0.15, 0.2) is 12.1 Å². The largest absolute Gasteiger partial charge is 0.310 e. The summed E-state index contributed by atoms with van der Waals surface area (Å²) in [4.78, 5) is 0. The summed E-state index contributed by atoms with van der Waals surface area (Å²) in [6.45, 7) is 14.5. The van der Waals surface area contributed by atoms with Crippen LogP contribution in [0.25, 0.3) is 0 Å². The molecule has 0 saturated carbocycles. The van der Waals surface area contributed by atoms with Gasteiger partial charge in [0.1, 0.15) is 0 Å². The molecule has 102 valence electrons. The summed E-state index contributed by atoms with van der Waals surface area (Å²) in [7, 11) is 0. The van der Waals surface area contributed by atoms with Gasteiger partial charge >= 0.3 is 0 Å². The summed E-state index contributed by atoms with van der Waals surface area (Å²) >= 11 is 0. The van der Waals surface area contributed by atoms with Crippen molar-refractivity contribution in [2.75, 3.05) is 6.54 Å². The second-order valence-electron chi connectivity index (χ2n) is 5.59. The van der Waals surface area contributed by atoms with E-state index >= 15 is 0 Å². The maximum atomic E-state index is 3.67. The summed E-state index contributed by atoms with van der Waals surface area (Å²) in [6.07, 6.45) is 2.54. The quantitative estimate of drug-likeness (QED) is 0.768. The first-order chi connectivity index (χ1) is 8.51. The average Bonchev–Trinajstić information content (AvgIpc) is 2.31. The fraction of sp³-hybridized carbons (Fsp3) is 0.647. The van der Waals surface area contributed by atoms with Crippen LogP contribution in [0.2, 0.25) is 0 Å². The van der Waals surface area contributed by atoms with Gasteiger partial charge in [-0.15, -0.1) is 0 Å². The second kappa shape index (κ2) is 6.94. The molecule has 0 aromatic heterocycles. The zero-order chi connectivity index (χ0) is 13.7. The first kappa shape index (κ1) is 15.2. The minimum Gasteiger partial charge on any atom is -0.310 e. The van der Waals surface area contributed by atoms with Crippen LogP contribution >= 0.6 is 0 Å². The van der Waals surface area contributed by atoms with Gasteiger partial charge in [-0.05, 0) is 61.9 Å². The Balaban J connectivity index is 3.08. The van der Waals surface area contributed by atoms with Crippen molar-refractivity contribution in [3.05, 3.63) is 34.4 Å². The van der Waals surface area contributed by atoms with Gasteiger partial charge in [0.15, 0.2) is 0 Å². The summed E-state index contributed by atoms with van der Waals surface area (Å²) in [5.74, 6) is 0.691. The smallest absolute Gasteiger partial charge is 0.0348 e. The molecule has 1 N–H and O–H groups in total. The van der Waals surface area contributed by atoms with Crippen molar-refractivity contribution >= 4 is 0 Å². The summed E-state index contributed by atoms with van der Waals surface area (Å²) in [6, 6.07) is 5.20. The van der Waals surface area contributed by atoms with Crippen LogP contribution in [0.4, 0.5) is 0 Å². The van der Waals surface area contributed by atoms with E-state index in [1.807, 2.05) is 0 Å². The Labute approximate surface area is 113 Å². The van der Waals surface area contributed by atoms with Gasteiger partial charge in [0.25, 0.3) is 0 Å². The Kier molecular flexibility index (Phi) is 5.87. The zero-order valence-corrected chi connectivity index (χ0v) is 12.9. The monoisotopic (exact) mass is 247 g/mol. The van der Waals surface area contributed by atoms with E-state index in [1.54, 1.807) is 0 Å². The third kappa shape index (κ3) is 3.58. The topological polar surface area (TPSA) is 12.0 Å². The molecule has 0 aliphatic carbocycles. The van der Waals surface area contributed by atoms with Crippen LogP contribution in [0.5, 0.6) is 0 Å². The number of benzene rings is 1. The Morgan fingerprint density at radius 1 is 1.00 bits per heavy atom. The molecule has 1 nitrogen and oxygen atoms in total. The van der Waals surface area contributed by atoms with E-state index in [1.165, 1.54) is 35.1 Å². The Bertz CT molecular complexity index is 381. The molecule has 0 amide bonds. The molecular formula is C17H29N. The lowest BCUT2D eigenvalue weighted by molar-refractivity contribution is 0.368. The van der Waals surface area contributed by atoms with Crippen LogP contribution in [-0.4, -0.2) is 6.54 Å². The van der Waals surface area contributed by atoms with Gasteiger partial charge in [0, 0.05) is 6.04 Å². The number of hydrogen-bond acceptors (Lipinski definition) is 1. The molecule has 0 aliphatic rings. The third-order valence-electron chi connectivity index (χ3n) is 3.95. The highest BCUT2D eigenvalue weighted by molar-refractivity contribution is 5.38. The molecule has 0 bridgehead atoms. The molecule has 0 fully saturated rings. The first-order valence-corrected chi connectivity index (χ1v) is 7.32. The Hall–Kier alpha value is -0.820. The van der Waals surface area contributed by atoms with Crippen LogP contribution in [0.1, 0.15) is 61.9 Å². The lowest BCUT2D eigenvalue weighted by atomic mass is 9.87. The summed E-state index contributed by atoms with van der Waals surface area (Å²) < 4.78 is 0. The van der Waals surface area contributed by atoms with Gasteiger partial charge in [0.2, 0.25) is 0 Å². The van der Waals surface area contributed by atoms with Gasteiger partial charge in [0.05, 0.1) is 0 Å². The maximum Gasteiger partial charge on any atom is 0.0348 e. The Morgan fingerprint density at radius 3 is 2.17 bits per heavy atom. The molecule has 2 unspecified atom stereocenters. The summed E-state index contributed by atoms with van der Waals surface area (Å²) in [5.41, 5.74) is 5.71. The fourth-order valence-electron chi connectivity index (χ4n) is 2.78. The van der Waals surface area contributed by atoms with Gasteiger partial charge in [-0.1, -0.05) is 39.3 Å². The van der Waals surface area contributed by atoms with Crippen molar-refractivity contribution < 1.29 is 0 Å². The van der Waals surface area contributed by atoms with Gasteiger partial charge < -0.3 is 5.32 Å². The van der Waals surface area contributed by atoms with E-state index in [-0.39, 0.29) is 0 Å². The van der Waals surface area contributed by atoms with E-state index < -0.39 is 0 Å². The number of rotatable bonds is 6. The Morgan fingerprint density at radius 2 is 1.61 bits per heavy atom. The molecule has 1 aromatic carbocycles. The SMILES string of the molecule is CCCC(C)C(NCC)c1cc(C)c(C)cc1C. The molecule has 1 aromatic rings. The summed E-state index contributed by atoms with van der Waals surface area (Å²) in [5, 5.41) is 3.67. The molecular weight excluding hydrogens is 218 g/mol. The van der Waals surface area contributed by atoms with Gasteiger partial charge in [-0.3, -0.25) is 0 Å². The zero-order valence-electron chi connectivity index (χ0n) is 12.9. The molecule has 0 heterocycles. The van der Waals surface area contributed by atoms with Crippen molar-refractivity contribution in [2.24, 2.45) is 5.92 Å². The van der Waals surface area contributed by atoms with E-state index in [2.05, 4.69) is 59.0 Å². The van der Waals surface area contributed by atoms with Gasteiger partial charge in [-0.25, -0.2) is 0 Å². The molecule has 2 atom stereocenters. The molecule has 0 radical (unpaired) electrons. The predicted octanol–water partition coefficient (Wildman–Crippen LogP) is 4.70. The van der Waals surface area contributed by atoms with Crippen molar-refractivity contribution in [1.29, 1.82) is 0 Å². The van der Waals surface area contributed by atoms with Crippen LogP contribution in [0.3, 0.4) is 0 Å². The number of aryl methyl sites for hydroxylation is 3.